The van der Waals surface area contributed by atoms with Crippen LogP contribution in [-0.4, -0.2) is 40.5 Å². The highest BCUT2D eigenvalue weighted by atomic mass is 16.5. The highest BCUT2D eigenvalue weighted by molar-refractivity contribution is 4.94. The molecule has 18 heavy (non-hydrogen) atoms. The first kappa shape index (κ1) is 13.4. The van der Waals surface area contributed by atoms with Crippen molar-refractivity contribution in [1.82, 2.24) is 25.5 Å². The molecule has 0 bridgehead atoms. The van der Waals surface area contributed by atoms with Crippen LogP contribution in [0.25, 0.3) is 0 Å². The summed E-state index contributed by atoms with van der Waals surface area (Å²) in [6, 6.07) is 0. The van der Waals surface area contributed by atoms with Gasteiger partial charge < -0.3 is 10.1 Å². The lowest BCUT2D eigenvalue weighted by molar-refractivity contribution is 0.164. The van der Waals surface area contributed by atoms with Gasteiger partial charge in [-0.05, 0) is 48.1 Å². The quantitative estimate of drug-likeness (QED) is 0.665. The van der Waals surface area contributed by atoms with E-state index in [2.05, 4.69) is 27.8 Å². The minimum absolute atomic E-state index is 0.380. The molecule has 1 aromatic rings. The molecule has 6 heteroatoms. The molecule has 0 radical (unpaired) electrons. The predicted octanol–water partition coefficient (Wildman–Crippen LogP) is 0.989. The first-order valence-electron chi connectivity index (χ1n) is 6.74. The van der Waals surface area contributed by atoms with Crippen LogP contribution in [0.1, 0.15) is 38.4 Å². The molecule has 1 aliphatic carbocycles. The van der Waals surface area contributed by atoms with Crippen molar-refractivity contribution in [2.24, 2.45) is 5.41 Å². The van der Waals surface area contributed by atoms with Gasteiger partial charge in [-0.25, -0.2) is 4.68 Å². The Bertz CT molecular complexity index is 361. The van der Waals surface area contributed by atoms with E-state index in [1.165, 1.54) is 12.8 Å². The largest absolute Gasteiger partial charge is 0.385 e. The predicted molar refractivity (Wildman–Crippen MR) is 68.0 cm³/mol. The number of rotatable bonds is 9. The summed E-state index contributed by atoms with van der Waals surface area (Å²) in [6.45, 7) is 5.65. The molecule has 1 aliphatic rings. The molecular formula is C12H23N5O. The van der Waals surface area contributed by atoms with E-state index in [1.54, 1.807) is 7.11 Å². The van der Waals surface area contributed by atoms with Gasteiger partial charge in [0.1, 0.15) is 0 Å². The van der Waals surface area contributed by atoms with Crippen LogP contribution < -0.4 is 5.32 Å². The molecule has 0 saturated heterocycles. The Kier molecular flexibility index (Phi) is 4.66. The van der Waals surface area contributed by atoms with Gasteiger partial charge >= 0.3 is 0 Å². The summed E-state index contributed by atoms with van der Waals surface area (Å²) in [5, 5.41) is 15.3. The lowest BCUT2D eigenvalue weighted by Crippen LogP contribution is -2.21. The molecule has 1 aromatic heterocycles. The summed E-state index contributed by atoms with van der Waals surface area (Å²) >= 11 is 0. The van der Waals surface area contributed by atoms with Crippen LogP contribution in [0, 0.1) is 5.41 Å². The van der Waals surface area contributed by atoms with E-state index in [0.717, 1.165) is 44.9 Å². The zero-order valence-electron chi connectivity index (χ0n) is 11.4. The van der Waals surface area contributed by atoms with Crippen LogP contribution in [0.15, 0.2) is 0 Å². The van der Waals surface area contributed by atoms with E-state index < -0.39 is 0 Å². The van der Waals surface area contributed by atoms with Gasteiger partial charge in [-0.1, -0.05) is 6.92 Å². The maximum atomic E-state index is 5.17. The fourth-order valence-corrected chi connectivity index (χ4v) is 2.15. The van der Waals surface area contributed by atoms with Crippen LogP contribution in [0.2, 0.25) is 0 Å². The Labute approximate surface area is 108 Å². The highest BCUT2D eigenvalue weighted by Crippen LogP contribution is 2.50. The van der Waals surface area contributed by atoms with Crippen molar-refractivity contribution in [2.45, 2.75) is 45.7 Å². The highest BCUT2D eigenvalue weighted by Gasteiger charge is 2.43. The molecule has 0 amide bonds. The third-order valence-corrected chi connectivity index (χ3v) is 3.59. The summed E-state index contributed by atoms with van der Waals surface area (Å²) in [7, 11) is 1.76. The van der Waals surface area contributed by atoms with Crippen LogP contribution in [0.3, 0.4) is 0 Å². The van der Waals surface area contributed by atoms with Crippen molar-refractivity contribution in [2.75, 3.05) is 20.3 Å². The standard InChI is InChI=1S/C12H23N5O/c1-3-7-13-9-11-14-15-16-17(11)10-12(4-5-12)6-8-18-2/h13H,3-10H2,1-2H3. The monoisotopic (exact) mass is 253 g/mol. The van der Waals surface area contributed by atoms with Crippen LogP contribution in [0.4, 0.5) is 0 Å². The van der Waals surface area contributed by atoms with E-state index in [1.807, 2.05) is 4.68 Å². The Hall–Kier alpha value is -1.01. The maximum absolute atomic E-state index is 5.17. The van der Waals surface area contributed by atoms with Crippen molar-refractivity contribution in [3.63, 3.8) is 0 Å². The van der Waals surface area contributed by atoms with Crippen LogP contribution in [-0.2, 0) is 17.8 Å². The van der Waals surface area contributed by atoms with Gasteiger partial charge in [0.2, 0.25) is 0 Å². The van der Waals surface area contributed by atoms with E-state index in [9.17, 15) is 0 Å². The van der Waals surface area contributed by atoms with E-state index in [-0.39, 0.29) is 0 Å². The van der Waals surface area contributed by atoms with Gasteiger partial charge in [0.15, 0.2) is 5.82 Å². The van der Waals surface area contributed by atoms with Crippen molar-refractivity contribution in [3.8, 4) is 0 Å². The number of nitrogens with zero attached hydrogens (tertiary/aromatic N) is 4. The zero-order valence-corrected chi connectivity index (χ0v) is 11.4. The molecule has 1 saturated carbocycles. The summed E-state index contributed by atoms with van der Waals surface area (Å²) < 4.78 is 7.12. The normalized spacial score (nSPS) is 17.0. The fraction of sp³-hybridized carbons (Fsp3) is 0.917. The minimum atomic E-state index is 0.380. The number of nitrogens with one attached hydrogen (secondary N) is 1. The summed E-state index contributed by atoms with van der Waals surface area (Å²) in [6.07, 6.45) is 4.75. The average molecular weight is 253 g/mol. The van der Waals surface area contributed by atoms with Gasteiger partial charge in [-0.3, -0.25) is 0 Å². The minimum Gasteiger partial charge on any atom is -0.385 e. The molecule has 1 N–H and O–H groups in total. The molecule has 0 aliphatic heterocycles. The van der Waals surface area contributed by atoms with E-state index in [0.29, 0.717) is 5.41 Å². The molecule has 102 valence electrons. The molecule has 0 spiro atoms. The number of hydrogen-bond acceptors (Lipinski definition) is 5. The maximum Gasteiger partial charge on any atom is 0.165 e. The summed E-state index contributed by atoms with van der Waals surface area (Å²) in [5.74, 6) is 0.937. The topological polar surface area (TPSA) is 64.9 Å². The van der Waals surface area contributed by atoms with Crippen molar-refractivity contribution < 1.29 is 4.74 Å². The van der Waals surface area contributed by atoms with E-state index >= 15 is 0 Å². The fourth-order valence-electron chi connectivity index (χ4n) is 2.15. The van der Waals surface area contributed by atoms with Crippen LogP contribution in [0.5, 0.6) is 0 Å². The molecule has 0 atom stereocenters. The molecule has 6 nitrogen and oxygen atoms in total. The van der Waals surface area contributed by atoms with Gasteiger partial charge in [-0.15, -0.1) is 5.10 Å². The molecule has 0 unspecified atom stereocenters. The van der Waals surface area contributed by atoms with E-state index in [4.69, 9.17) is 4.74 Å². The van der Waals surface area contributed by atoms with Crippen LogP contribution >= 0.6 is 0 Å². The summed E-state index contributed by atoms with van der Waals surface area (Å²) in [5.41, 5.74) is 0.380. The number of hydrogen-bond donors (Lipinski definition) is 1. The Balaban J connectivity index is 1.87. The molecule has 0 aromatic carbocycles. The van der Waals surface area contributed by atoms with Crippen molar-refractivity contribution in [1.29, 1.82) is 0 Å². The Morgan fingerprint density at radius 1 is 1.44 bits per heavy atom. The van der Waals surface area contributed by atoms with Gasteiger partial charge in [-0.2, -0.15) is 0 Å². The molecular weight excluding hydrogens is 230 g/mol. The van der Waals surface area contributed by atoms with Gasteiger partial charge in [0.25, 0.3) is 0 Å². The second kappa shape index (κ2) is 6.24. The molecule has 2 rings (SSSR count). The zero-order chi connectivity index (χ0) is 12.8. The number of ether oxygens (including phenoxy) is 1. The Morgan fingerprint density at radius 3 is 2.94 bits per heavy atom. The number of aromatic nitrogens is 4. The third kappa shape index (κ3) is 3.49. The first-order valence-corrected chi connectivity index (χ1v) is 6.74. The van der Waals surface area contributed by atoms with Gasteiger partial charge in [0.05, 0.1) is 13.1 Å². The third-order valence-electron chi connectivity index (χ3n) is 3.59. The SMILES string of the molecule is CCCNCc1nnnn1CC1(CCOC)CC1. The second-order valence-corrected chi connectivity index (χ2v) is 5.17. The molecule has 1 fully saturated rings. The second-order valence-electron chi connectivity index (χ2n) is 5.17. The number of methoxy groups -OCH3 is 1. The smallest absolute Gasteiger partial charge is 0.165 e. The Morgan fingerprint density at radius 2 is 2.28 bits per heavy atom. The lowest BCUT2D eigenvalue weighted by atomic mass is 10.0. The lowest BCUT2D eigenvalue weighted by Gasteiger charge is -2.15. The number of tetrazole rings is 1. The average Bonchev–Trinajstić information content (AvgIpc) is 3.00. The van der Waals surface area contributed by atoms with Gasteiger partial charge in [0, 0.05) is 13.7 Å². The summed E-state index contributed by atoms with van der Waals surface area (Å²) in [4.78, 5) is 0. The van der Waals surface area contributed by atoms with Crippen molar-refractivity contribution >= 4 is 0 Å². The van der Waals surface area contributed by atoms with Crippen molar-refractivity contribution in [3.05, 3.63) is 5.82 Å². The first-order chi connectivity index (χ1) is 8.79. The molecule has 1 heterocycles.